The van der Waals surface area contributed by atoms with Crippen molar-refractivity contribution in [2.24, 2.45) is 0 Å². The maximum absolute atomic E-state index is 12.9. The number of rotatable bonds is 5. The molecule has 0 saturated heterocycles. The lowest BCUT2D eigenvalue weighted by molar-refractivity contribution is 0.102. The molecule has 0 radical (unpaired) electrons. The van der Waals surface area contributed by atoms with Gasteiger partial charge in [0.25, 0.3) is 5.91 Å². The van der Waals surface area contributed by atoms with Gasteiger partial charge < -0.3 is 5.32 Å². The van der Waals surface area contributed by atoms with Gasteiger partial charge in [-0.15, -0.1) is 0 Å². The van der Waals surface area contributed by atoms with Crippen LogP contribution in [-0.4, -0.2) is 35.2 Å². The molecule has 170 valence electrons. The molecule has 0 fully saturated rings. The standard InChI is InChI=1S/C24H25N5O3S/c1-24(2,3)18-10-8-16(9-11-18)23(30)27-21-15-20(29-22(26-21)12-13-25-29)17-6-5-7-19(14-17)28-33(4,31)32/h5-15,28H,1-4H3,(H,26,27,30). The van der Waals surface area contributed by atoms with Crippen LogP contribution in [0.2, 0.25) is 0 Å². The summed E-state index contributed by atoms with van der Waals surface area (Å²) in [5, 5.41) is 7.17. The van der Waals surface area contributed by atoms with E-state index in [0.29, 0.717) is 34.0 Å². The van der Waals surface area contributed by atoms with Gasteiger partial charge in [0, 0.05) is 28.9 Å². The first-order valence-corrected chi connectivity index (χ1v) is 12.2. The number of aromatic nitrogens is 3. The molecular weight excluding hydrogens is 438 g/mol. The Morgan fingerprint density at radius 2 is 1.73 bits per heavy atom. The fraction of sp³-hybridized carbons (Fsp3) is 0.208. The van der Waals surface area contributed by atoms with Crippen molar-refractivity contribution in [3.05, 3.63) is 78.0 Å². The summed E-state index contributed by atoms with van der Waals surface area (Å²) >= 11 is 0. The van der Waals surface area contributed by atoms with Crippen molar-refractivity contribution >= 4 is 33.1 Å². The number of hydrogen-bond donors (Lipinski definition) is 2. The molecule has 2 N–H and O–H groups in total. The summed E-state index contributed by atoms with van der Waals surface area (Å²) in [7, 11) is -3.42. The number of hydrogen-bond acceptors (Lipinski definition) is 5. The van der Waals surface area contributed by atoms with Gasteiger partial charge >= 0.3 is 0 Å². The lowest BCUT2D eigenvalue weighted by Gasteiger charge is -2.19. The van der Waals surface area contributed by atoms with Crippen LogP contribution in [0, 0.1) is 0 Å². The second-order valence-electron chi connectivity index (χ2n) is 8.86. The van der Waals surface area contributed by atoms with E-state index in [1.54, 1.807) is 53.2 Å². The van der Waals surface area contributed by atoms with Gasteiger partial charge in [-0.1, -0.05) is 45.0 Å². The summed E-state index contributed by atoms with van der Waals surface area (Å²) < 4.78 is 27.3. The molecule has 0 aliphatic carbocycles. The predicted molar refractivity (Wildman–Crippen MR) is 130 cm³/mol. The van der Waals surface area contributed by atoms with Crippen molar-refractivity contribution in [2.75, 3.05) is 16.3 Å². The lowest BCUT2D eigenvalue weighted by Crippen LogP contribution is -2.15. The van der Waals surface area contributed by atoms with Crippen LogP contribution >= 0.6 is 0 Å². The fourth-order valence-corrected chi connectivity index (χ4v) is 4.00. The zero-order valence-corrected chi connectivity index (χ0v) is 19.6. The van der Waals surface area contributed by atoms with E-state index in [0.717, 1.165) is 11.8 Å². The van der Waals surface area contributed by atoms with Crippen LogP contribution in [0.4, 0.5) is 11.5 Å². The molecule has 1 amide bonds. The van der Waals surface area contributed by atoms with E-state index in [2.05, 4.69) is 40.9 Å². The third kappa shape index (κ3) is 5.20. The third-order valence-electron chi connectivity index (χ3n) is 5.08. The number of carbonyl (C=O) groups is 1. The van der Waals surface area contributed by atoms with Crippen LogP contribution in [0.25, 0.3) is 16.9 Å². The number of anilines is 2. The number of nitrogens with one attached hydrogen (secondary N) is 2. The molecule has 0 saturated carbocycles. The molecule has 4 rings (SSSR count). The van der Waals surface area contributed by atoms with Crippen LogP contribution in [-0.2, 0) is 15.4 Å². The van der Waals surface area contributed by atoms with Gasteiger partial charge in [-0.2, -0.15) is 5.10 Å². The molecule has 0 atom stereocenters. The number of carbonyl (C=O) groups excluding carboxylic acids is 1. The van der Waals surface area contributed by atoms with Crippen molar-refractivity contribution < 1.29 is 13.2 Å². The molecule has 0 spiro atoms. The number of sulfonamides is 1. The van der Waals surface area contributed by atoms with Gasteiger partial charge in [0.15, 0.2) is 5.65 Å². The Labute approximate surface area is 192 Å². The molecular formula is C24H25N5O3S. The molecule has 4 aromatic rings. The molecule has 0 bridgehead atoms. The quantitative estimate of drug-likeness (QED) is 0.459. The minimum atomic E-state index is -3.42. The smallest absolute Gasteiger partial charge is 0.256 e. The molecule has 2 aromatic heterocycles. The van der Waals surface area contributed by atoms with Crippen LogP contribution in [0.1, 0.15) is 36.7 Å². The Bertz CT molecular complexity index is 1440. The second-order valence-corrected chi connectivity index (χ2v) is 10.6. The summed E-state index contributed by atoms with van der Waals surface area (Å²) in [5.74, 6) is 0.0923. The highest BCUT2D eigenvalue weighted by Gasteiger charge is 2.16. The monoisotopic (exact) mass is 463 g/mol. The van der Waals surface area contributed by atoms with Crippen molar-refractivity contribution in [3.8, 4) is 11.3 Å². The van der Waals surface area contributed by atoms with Crippen molar-refractivity contribution in [2.45, 2.75) is 26.2 Å². The van der Waals surface area contributed by atoms with Crippen molar-refractivity contribution in [1.29, 1.82) is 0 Å². The largest absolute Gasteiger partial charge is 0.306 e. The summed E-state index contributed by atoms with van der Waals surface area (Å²) in [4.78, 5) is 17.3. The minimum absolute atomic E-state index is 0.000985. The first kappa shape index (κ1) is 22.5. The van der Waals surface area contributed by atoms with E-state index in [4.69, 9.17) is 0 Å². The Morgan fingerprint density at radius 1 is 1.00 bits per heavy atom. The van der Waals surface area contributed by atoms with E-state index in [1.807, 2.05) is 18.2 Å². The molecule has 2 aromatic carbocycles. The minimum Gasteiger partial charge on any atom is -0.306 e. The fourth-order valence-electron chi connectivity index (χ4n) is 3.45. The molecule has 9 heteroatoms. The van der Waals surface area contributed by atoms with E-state index in [9.17, 15) is 13.2 Å². The molecule has 33 heavy (non-hydrogen) atoms. The number of nitrogens with zero attached hydrogens (tertiary/aromatic N) is 3. The Hall–Kier alpha value is -3.72. The van der Waals surface area contributed by atoms with E-state index in [1.165, 1.54) is 0 Å². The van der Waals surface area contributed by atoms with E-state index in [-0.39, 0.29) is 11.3 Å². The Kier molecular flexibility index (Phi) is 5.67. The van der Waals surface area contributed by atoms with Gasteiger partial charge in [-0.25, -0.2) is 17.9 Å². The van der Waals surface area contributed by atoms with Crippen LogP contribution in [0.15, 0.2) is 66.9 Å². The Balaban J connectivity index is 1.67. The third-order valence-corrected chi connectivity index (χ3v) is 5.68. The highest BCUT2D eigenvalue weighted by Crippen LogP contribution is 2.26. The highest BCUT2D eigenvalue weighted by molar-refractivity contribution is 7.92. The SMILES string of the molecule is CC(C)(C)c1ccc(C(=O)Nc2cc(-c3cccc(NS(C)(=O)=O)c3)n3nccc3n2)cc1. The van der Waals surface area contributed by atoms with Gasteiger partial charge in [0.1, 0.15) is 5.82 Å². The maximum Gasteiger partial charge on any atom is 0.256 e. The van der Waals surface area contributed by atoms with Crippen molar-refractivity contribution in [1.82, 2.24) is 14.6 Å². The zero-order chi connectivity index (χ0) is 23.8. The lowest BCUT2D eigenvalue weighted by atomic mass is 9.87. The van der Waals surface area contributed by atoms with Crippen LogP contribution in [0.5, 0.6) is 0 Å². The van der Waals surface area contributed by atoms with Gasteiger partial charge in [-0.3, -0.25) is 9.52 Å². The summed E-state index contributed by atoms with van der Waals surface area (Å²) in [5.41, 5.74) is 4.01. The van der Waals surface area contributed by atoms with E-state index >= 15 is 0 Å². The summed E-state index contributed by atoms with van der Waals surface area (Å²) in [6, 6.07) is 17.9. The second kappa shape index (κ2) is 8.32. The van der Waals surface area contributed by atoms with Gasteiger partial charge in [0.05, 0.1) is 18.1 Å². The molecule has 0 aliphatic rings. The van der Waals surface area contributed by atoms with Crippen molar-refractivity contribution in [3.63, 3.8) is 0 Å². The van der Waals surface area contributed by atoms with Gasteiger partial charge in [-0.05, 0) is 35.2 Å². The first-order valence-electron chi connectivity index (χ1n) is 10.3. The van der Waals surface area contributed by atoms with E-state index < -0.39 is 10.0 Å². The summed E-state index contributed by atoms with van der Waals surface area (Å²) in [6.07, 6.45) is 2.71. The zero-order valence-electron chi connectivity index (χ0n) is 18.8. The molecule has 0 unspecified atom stereocenters. The first-order chi connectivity index (χ1) is 15.5. The molecule has 0 aliphatic heterocycles. The number of benzene rings is 2. The topological polar surface area (TPSA) is 105 Å². The average Bonchev–Trinajstić information content (AvgIpc) is 3.20. The maximum atomic E-state index is 12.9. The number of fused-ring (bicyclic) bond motifs is 1. The molecule has 8 nitrogen and oxygen atoms in total. The predicted octanol–water partition coefficient (Wildman–Crippen LogP) is 4.32. The highest BCUT2D eigenvalue weighted by atomic mass is 32.2. The molecule has 2 heterocycles. The van der Waals surface area contributed by atoms with Crippen LogP contribution < -0.4 is 10.0 Å². The van der Waals surface area contributed by atoms with Gasteiger partial charge in [0.2, 0.25) is 10.0 Å². The average molecular weight is 464 g/mol. The van der Waals surface area contributed by atoms with Crippen LogP contribution in [0.3, 0.4) is 0 Å². The number of amides is 1. The summed E-state index contributed by atoms with van der Waals surface area (Å²) in [6.45, 7) is 6.36. The Morgan fingerprint density at radius 3 is 2.39 bits per heavy atom. The normalized spacial score (nSPS) is 12.0.